The molecule has 2 heterocycles. The summed E-state index contributed by atoms with van der Waals surface area (Å²) in [5, 5.41) is 10.5. The summed E-state index contributed by atoms with van der Waals surface area (Å²) < 4.78 is 17.0. The SMILES string of the molecule is O=c1cc(-c2ccccc2)oc2cc(OCCCN3CCOCC3)cc(O)c12. The van der Waals surface area contributed by atoms with E-state index in [4.69, 9.17) is 13.9 Å². The topological polar surface area (TPSA) is 72.1 Å². The van der Waals surface area contributed by atoms with Crippen LogP contribution in [0, 0.1) is 0 Å². The number of ether oxygens (including phenoxy) is 2. The fourth-order valence-corrected chi connectivity index (χ4v) is 3.37. The van der Waals surface area contributed by atoms with E-state index in [0.717, 1.165) is 44.8 Å². The van der Waals surface area contributed by atoms with E-state index in [1.807, 2.05) is 30.3 Å². The smallest absolute Gasteiger partial charge is 0.197 e. The average Bonchev–Trinajstić information content (AvgIpc) is 2.72. The number of phenolic OH excluding ortho intramolecular Hbond substituents is 1. The van der Waals surface area contributed by atoms with Gasteiger partial charge in [0.1, 0.15) is 28.2 Å². The number of fused-ring (bicyclic) bond motifs is 1. The first kappa shape index (κ1) is 18.5. The maximum atomic E-state index is 12.5. The minimum absolute atomic E-state index is 0.131. The predicted octanol–water partition coefficient (Wildman–Crippen LogP) is 3.27. The van der Waals surface area contributed by atoms with Crippen molar-refractivity contribution in [3.63, 3.8) is 0 Å². The zero-order chi connectivity index (χ0) is 19.3. The van der Waals surface area contributed by atoms with E-state index in [1.165, 1.54) is 12.1 Å². The normalized spacial score (nSPS) is 15.0. The molecule has 1 fully saturated rings. The van der Waals surface area contributed by atoms with Gasteiger partial charge in [-0.25, -0.2) is 0 Å². The molecule has 0 atom stereocenters. The summed E-state index contributed by atoms with van der Waals surface area (Å²) in [6.07, 6.45) is 0.868. The molecule has 0 aliphatic carbocycles. The van der Waals surface area contributed by atoms with Crippen molar-refractivity contribution in [2.24, 2.45) is 0 Å². The van der Waals surface area contributed by atoms with Crippen molar-refractivity contribution in [2.75, 3.05) is 39.5 Å². The Kier molecular flexibility index (Phi) is 5.60. The van der Waals surface area contributed by atoms with Crippen molar-refractivity contribution in [2.45, 2.75) is 6.42 Å². The van der Waals surface area contributed by atoms with Crippen LogP contribution in [0.15, 0.2) is 57.7 Å². The van der Waals surface area contributed by atoms with Crippen molar-refractivity contribution < 1.29 is 19.0 Å². The summed E-state index contributed by atoms with van der Waals surface area (Å²) in [6, 6.07) is 13.9. The van der Waals surface area contributed by atoms with Crippen LogP contribution in [-0.2, 0) is 4.74 Å². The third kappa shape index (κ3) is 4.18. The van der Waals surface area contributed by atoms with Gasteiger partial charge in [0.05, 0.1) is 19.8 Å². The predicted molar refractivity (Wildman–Crippen MR) is 107 cm³/mol. The lowest BCUT2D eigenvalue weighted by molar-refractivity contribution is 0.0358. The van der Waals surface area contributed by atoms with Crippen LogP contribution in [-0.4, -0.2) is 49.5 Å². The molecule has 2 aromatic carbocycles. The monoisotopic (exact) mass is 381 g/mol. The minimum atomic E-state index is -0.281. The van der Waals surface area contributed by atoms with E-state index in [0.29, 0.717) is 23.7 Å². The van der Waals surface area contributed by atoms with Crippen LogP contribution < -0.4 is 10.2 Å². The Morgan fingerprint density at radius 3 is 2.64 bits per heavy atom. The van der Waals surface area contributed by atoms with Crippen molar-refractivity contribution in [1.29, 1.82) is 0 Å². The molecule has 6 heteroatoms. The number of phenols is 1. The second-order valence-electron chi connectivity index (χ2n) is 6.81. The zero-order valence-corrected chi connectivity index (χ0v) is 15.6. The van der Waals surface area contributed by atoms with Gasteiger partial charge in [0.2, 0.25) is 0 Å². The minimum Gasteiger partial charge on any atom is -0.507 e. The van der Waals surface area contributed by atoms with Gasteiger partial charge >= 0.3 is 0 Å². The number of hydrogen-bond donors (Lipinski definition) is 1. The molecule has 4 rings (SSSR count). The van der Waals surface area contributed by atoms with Gasteiger partial charge in [-0.1, -0.05) is 30.3 Å². The highest BCUT2D eigenvalue weighted by Crippen LogP contribution is 2.31. The number of hydrogen-bond acceptors (Lipinski definition) is 6. The largest absolute Gasteiger partial charge is 0.507 e. The van der Waals surface area contributed by atoms with Crippen LogP contribution in [0.5, 0.6) is 11.5 Å². The molecule has 0 bridgehead atoms. The molecule has 0 saturated carbocycles. The van der Waals surface area contributed by atoms with E-state index in [9.17, 15) is 9.90 Å². The molecule has 0 radical (unpaired) electrons. The molecule has 0 spiro atoms. The van der Waals surface area contributed by atoms with Crippen molar-refractivity contribution in [3.8, 4) is 22.8 Å². The second kappa shape index (κ2) is 8.46. The Bertz CT molecular complexity index is 993. The molecule has 28 heavy (non-hydrogen) atoms. The Morgan fingerprint density at radius 1 is 1.07 bits per heavy atom. The highest BCUT2D eigenvalue weighted by atomic mass is 16.5. The van der Waals surface area contributed by atoms with Crippen molar-refractivity contribution in [1.82, 2.24) is 4.90 Å². The maximum Gasteiger partial charge on any atom is 0.197 e. The first-order valence-corrected chi connectivity index (χ1v) is 9.50. The van der Waals surface area contributed by atoms with E-state index in [2.05, 4.69) is 4.90 Å². The summed E-state index contributed by atoms with van der Waals surface area (Å²) in [5.41, 5.74) is 0.837. The molecule has 0 amide bonds. The summed E-state index contributed by atoms with van der Waals surface area (Å²) >= 11 is 0. The Morgan fingerprint density at radius 2 is 1.86 bits per heavy atom. The van der Waals surface area contributed by atoms with Gasteiger partial charge < -0.3 is 19.0 Å². The summed E-state index contributed by atoms with van der Waals surface area (Å²) in [6.45, 7) is 4.92. The van der Waals surface area contributed by atoms with Crippen LogP contribution in [0.1, 0.15) is 6.42 Å². The fourth-order valence-electron chi connectivity index (χ4n) is 3.37. The van der Waals surface area contributed by atoms with Gasteiger partial charge in [-0.2, -0.15) is 0 Å². The lowest BCUT2D eigenvalue weighted by Crippen LogP contribution is -2.37. The van der Waals surface area contributed by atoms with Gasteiger partial charge in [-0.05, 0) is 6.42 Å². The quantitative estimate of drug-likeness (QED) is 0.661. The standard InChI is InChI=1S/C22H23NO5/c24-18-13-17(27-10-4-7-23-8-11-26-12-9-23)14-21-22(18)19(25)15-20(28-21)16-5-2-1-3-6-16/h1-3,5-6,13-15,24H,4,7-12H2. The second-order valence-corrected chi connectivity index (χ2v) is 6.81. The lowest BCUT2D eigenvalue weighted by atomic mass is 10.1. The van der Waals surface area contributed by atoms with Crippen molar-refractivity contribution >= 4 is 11.0 Å². The van der Waals surface area contributed by atoms with E-state index >= 15 is 0 Å². The number of benzene rings is 2. The summed E-state index contributed by atoms with van der Waals surface area (Å²) in [7, 11) is 0. The Hall–Kier alpha value is -2.83. The third-order valence-corrected chi connectivity index (χ3v) is 4.83. The Balaban J connectivity index is 1.50. The number of aromatic hydroxyl groups is 1. The number of nitrogens with zero attached hydrogens (tertiary/aromatic N) is 1. The van der Waals surface area contributed by atoms with Crippen LogP contribution in [0.2, 0.25) is 0 Å². The van der Waals surface area contributed by atoms with Crippen LogP contribution >= 0.6 is 0 Å². The summed E-state index contributed by atoms with van der Waals surface area (Å²) in [4.78, 5) is 14.8. The van der Waals surface area contributed by atoms with Gasteiger partial charge in [0, 0.05) is 43.4 Å². The fraction of sp³-hybridized carbons (Fsp3) is 0.318. The first-order chi connectivity index (χ1) is 13.7. The average molecular weight is 381 g/mol. The molecule has 6 nitrogen and oxygen atoms in total. The zero-order valence-electron chi connectivity index (χ0n) is 15.6. The molecule has 1 aliphatic heterocycles. The lowest BCUT2D eigenvalue weighted by Gasteiger charge is -2.26. The van der Waals surface area contributed by atoms with Gasteiger partial charge in [-0.15, -0.1) is 0 Å². The van der Waals surface area contributed by atoms with Crippen LogP contribution in [0.3, 0.4) is 0 Å². The molecular formula is C22H23NO5. The van der Waals surface area contributed by atoms with E-state index in [1.54, 1.807) is 6.07 Å². The van der Waals surface area contributed by atoms with E-state index < -0.39 is 0 Å². The maximum absolute atomic E-state index is 12.5. The molecule has 146 valence electrons. The molecular weight excluding hydrogens is 358 g/mol. The third-order valence-electron chi connectivity index (χ3n) is 4.83. The van der Waals surface area contributed by atoms with Crippen LogP contribution in [0.25, 0.3) is 22.3 Å². The van der Waals surface area contributed by atoms with Gasteiger partial charge in [0.15, 0.2) is 5.43 Å². The van der Waals surface area contributed by atoms with Crippen LogP contribution in [0.4, 0.5) is 0 Å². The van der Waals surface area contributed by atoms with E-state index in [-0.39, 0.29) is 16.6 Å². The van der Waals surface area contributed by atoms with Gasteiger partial charge in [0.25, 0.3) is 0 Å². The van der Waals surface area contributed by atoms with Crippen molar-refractivity contribution in [3.05, 3.63) is 58.8 Å². The van der Waals surface area contributed by atoms with Gasteiger partial charge in [-0.3, -0.25) is 9.69 Å². The molecule has 0 unspecified atom stereocenters. The molecule has 3 aromatic rings. The Labute approximate surface area is 162 Å². The number of rotatable bonds is 6. The highest BCUT2D eigenvalue weighted by molar-refractivity contribution is 5.86. The summed E-state index contributed by atoms with van der Waals surface area (Å²) in [5.74, 6) is 0.816. The number of morpholine rings is 1. The highest BCUT2D eigenvalue weighted by Gasteiger charge is 2.13. The molecule has 1 saturated heterocycles. The molecule has 1 N–H and O–H groups in total. The molecule has 1 aromatic heterocycles. The first-order valence-electron chi connectivity index (χ1n) is 9.50. The molecule has 1 aliphatic rings.